The Morgan fingerprint density at radius 1 is 0.954 bits per heavy atom. The summed E-state index contributed by atoms with van der Waals surface area (Å²) in [7, 11) is 0. The molecule has 65 heavy (non-hydrogen) atoms. The van der Waals surface area contributed by atoms with Crippen molar-refractivity contribution in [3.63, 3.8) is 0 Å². The number of likely N-dealkylation sites (tertiary alicyclic amines) is 1. The molecule has 3 atom stereocenters. The lowest BCUT2D eigenvalue weighted by atomic mass is 9.57. The molecule has 2 bridgehead atoms. The van der Waals surface area contributed by atoms with Gasteiger partial charge in [0.1, 0.15) is 22.9 Å². The smallest absolute Gasteiger partial charge is 0.284 e. The van der Waals surface area contributed by atoms with Crippen LogP contribution in [0.4, 0.5) is 26.0 Å². The lowest BCUT2D eigenvalue weighted by Crippen LogP contribution is -2.54. The molecule has 7 aliphatic rings. The molecule has 5 amide bonds. The van der Waals surface area contributed by atoms with Gasteiger partial charge in [0, 0.05) is 37.9 Å². The number of carbonyl (C=O) groups excluding carboxylic acids is 5. The Morgan fingerprint density at radius 3 is 2.51 bits per heavy atom. The molecule has 11 rings (SSSR count). The molecule has 340 valence electrons. The second-order valence-electron chi connectivity index (χ2n) is 19.3. The van der Waals surface area contributed by atoms with Crippen LogP contribution in [0.3, 0.4) is 0 Å². The monoisotopic (exact) mass is 891 g/mol. The van der Waals surface area contributed by atoms with Crippen LogP contribution in [0.25, 0.3) is 11.0 Å². The highest BCUT2D eigenvalue weighted by Gasteiger charge is 2.48. The standard InChI is InChI=1S/C46H51F2N11O6/c47-41(48)40-34(51-42(61)31-20-50-54-33-8-10-36(52-39(31)33)57-22-29-16-28(57)24-65-29)23-58(55-40)27-6-4-25(5-7-27)21-56-14-12-46(13-15-56)17-26(18-46)19-49-32-3-1-2-30-38(32)45(64)59(44(30)63)35-9-11-37(60)53-43(35)62/h1-3,8,10,20,23,25-29,35,41,49H,4-7,9,11-19,21-22,24H2,(H,51,61)(H,53,60,62)/t25-,27-,28-,29-,35?/m1/s1. The maximum Gasteiger partial charge on any atom is 0.284 e. The van der Waals surface area contributed by atoms with Gasteiger partial charge in [-0.2, -0.15) is 10.2 Å². The molecule has 1 spiro atoms. The Balaban J connectivity index is 0.651. The summed E-state index contributed by atoms with van der Waals surface area (Å²) < 4.78 is 36.1. The van der Waals surface area contributed by atoms with Crippen LogP contribution in [0.1, 0.15) is 120 Å². The highest BCUT2D eigenvalue weighted by molar-refractivity contribution is 6.25. The van der Waals surface area contributed by atoms with Crippen molar-refractivity contribution < 1.29 is 37.5 Å². The van der Waals surface area contributed by atoms with Crippen molar-refractivity contribution in [2.75, 3.05) is 54.9 Å². The zero-order valence-electron chi connectivity index (χ0n) is 35.9. The van der Waals surface area contributed by atoms with Crippen molar-refractivity contribution in [3.8, 4) is 0 Å². The van der Waals surface area contributed by atoms with Gasteiger partial charge in [-0.05, 0) is 119 Å². The first-order valence-corrected chi connectivity index (χ1v) is 23.0. The number of hydrogen-bond donors (Lipinski definition) is 3. The summed E-state index contributed by atoms with van der Waals surface area (Å²) in [5, 5.41) is 20.8. The van der Waals surface area contributed by atoms with Crippen LogP contribution < -0.4 is 20.9 Å². The molecule has 4 aromatic rings. The average molecular weight is 892 g/mol. The van der Waals surface area contributed by atoms with Crippen LogP contribution in [-0.4, -0.2) is 122 Å². The third-order valence-corrected chi connectivity index (χ3v) is 15.2. The number of fused-ring (bicyclic) bond motifs is 4. The SMILES string of the molecule is O=C1CCC(N2C(=O)c3cccc(NCC4CC5(CCN(C[C@H]6CC[C@H](n7cc(NC(=O)c8cnnc9ccc(N%10C[C@H]%11C[C@@H]%10CO%11)nc89)c(C(F)F)n7)CC6)CC5)C4)c3C2=O)C(=O)N1. The van der Waals surface area contributed by atoms with E-state index in [4.69, 9.17) is 9.72 Å². The number of imide groups is 2. The van der Waals surface area contributed by atoms with Crippen LogP contribution in [0.15, 0.2) is 42.7 Å². The third-order valence-electron chi connectivity index (χ3n) is 15.2. The predicted molar refractivity (Wildman–Crippen MR) is 231 cm³/mol. The number of carbonyl (C=O) groups is 5. The van der Waals surface area contributed by atoms with E-state index in [2.05, 4.69) is 41.0 Å². The highest BCUT2D eigenvalue weighted by Crippen LogP contribution is 2.53. The maximum atomic E-state index is 14.4. The topological polar surface area (TPSA) is 197 Å². The number of alkyl halides is 2. The zero-order chi connectivity index (χ0) is 44.6. The van der Waals surface area contributed by atoms with Gasteiger partial charge in [-0.15, -0.1) is 5.10 Å². The minimum Gasteiger partial charge on any atom is -0.384 e. The van der Waals surface area contributed by atoms with Gasteiger partial charge < -0.3 is 25.2 Å². The van der Waals surface area contributed by atoms with Gasteiger partial charge in [-0.1, -0.05) is 6.07 Å². The van der Waals surface area contributed by atoms with Gasteiger partial charge in [-0.3, -0.25) is 38.9 Å². The fourth-order valence-corrected chi connectivity index (χ4v) is 11.8. The first-order valence-electron chi connectivity index (χ1n) is 23.0. The molecule has 2 saturated carbocycles. The van der Waals surface area contributed by atoms with E-state index in [1.54, 1.807) is 28.9 Å². The lowest BCUT2D eigenvalue weighted by molar-refractivity contribution is -0.136. The van der Waals surface area contributed by atoms with Crippen LogP contribution in [0, 0.1) is 17.3 Å². The molecule has 6 fully saturated rings. The second-order valence-corrected chi connectivity index (χ2v) is 19.3. The van der Waals surface area contributed by atoms with Crippen molar-refractivity contribution >= 4 is 57.8 Å². The van der Waals surface area contributed by atoms with Gasteiger partial charge >= 0.3 is 0 Å². The van der Waals surface area contributed by atoms with E-state index in [0.717, 1.165) is 88.9 Å². The van der Waals surface area contributed by atoms with E-state index in [9.17, 15) is 32.8 Å². The van der Waals surface area contributed by atoms with E-state index in [1.165, 1.54) is 12.4 Å². The summed E-state index contributed by atoms with van der Waals surface area (Å²) in [6.45, 7) is 5.11. The molecule has 3 N–H and O–H groups in total. The predicted octanol–water partition coefficient (Wildman–Crippen LogP) is 5.13. The summed E-state index contributed by atoms with van der Waals surface area (Å²) in [5.74, 6) is -0.983. The normalized spacial score (nSPS) is 26.6. The summed E-state index contributed by atoms with van der Waals surface area (Å²) in [4.78, 5) is 75.2. The number of piperidine rings is 2. The van der Waals surface area contributed by atoms with Crippen LogP contribution >= 0.6 is 0 Å². The van der Waals surface area contributed by atoms with E-state index in [0.29, 0.717) is 52.9 Å². The summed E-state index contributed by atoms with van der Waals surface area (Å²) in [6, 6.07) is 7.97. The van der Waals surface area contributed by atoms with Crippen molar-refractivity contribution in [3.05, 3.63) is 65.1 Å². The summed E-state index contributed by atoms with van der Waals surface area (Å²) in [5.41, 5.74) is 1.92. The van der Waals surface area contributed by atoms with Gasteiger partial charge in [0.15, 0.2) is 5.69 Å². The van der Waals surface area contributed by atoms with Crippen molar-refractivity contribution in [2.45, 2.75) is 101 Å². The van der Waals surface area contributed by atoms with Crippen molar-refractivity contribution in [1.82, 2.24) is 40.1 Å². The fourth-order valence-electron chi connectivity index (χ4n) is 11.8. The number of nitrogens with zero attached hydrogens (tertiary/aromatic N) is 8. The van der Waals surface area contributed by atoms with Crippen molar-refractivity contribution in [2.24, 2.45) is 17.3 Å². The Kier molecular flexibility index (Phi) is 10.6. The number of halogens is 2. The number of aromatic nitrogens is 5. The van der Waals surface area contributed by atoms with E-state index < -0.39 is 47.7 Å². The quantitative estimate of drug-likeness (QED) is 0.168. The molecular formula is C46H51F2N11O6. The Bertz CT molecular complexity index is 2580. The lowest BCUT2D eigenvalue weighted by Gasteiger charge is -2.53. The molecular weight excluding hydrogens is 841 g/mol. The molecule has 1 unspecified atom stereocenters. The average Bonchev–Trinajstić information content (AvgIpc) is 4.10. The largest absolute Gasteiger partial charge is 0.384 e. The molecule has 4 saturated heterocycles. The number of anilines is 3. The number of benzene rings is 1. The van der Waals surface area contributed by atoms with E-state index in [1.807, 2.05) is 6.07 Å². The molecule has 19 heteroatoms. The van der Waals surface area contributed by atoms with Gasteiger partial charge in [0.05, 0.1) is 53.4 Å². The van der Waals surface area contributed by atoms with Gasteiger partial charge in [0.25, 0.3) is 24.1 Å². The Hall–Kier alpha value is -5.95. The van der Waals surface area contributed by atoms with Crippen LogP contribution in [-0.2, 0) is 14.3 Å². The number of nitrogens with one attached hydrogen (secondary N) is 3. The number of amides is 5. The zero-order valence-corrected chi connectivity index (χ0v) is 35.9. The minimum atomic E-state index is -2.88. The van der Waals surface area contributed by atoms with Gasteiger partial charge in [0.2, 0.25) is 11.8 Å². The van der Waals surface area contributed by atoms with E-state index >= 15 is 0 Å². The van der Waals surface area contributed by atoms with Crippen molar-refractivity contribution in [1.29, 1.82) is 0 Å². The van der Waals surface area contributed by atoms with Crippen LogP contribution in [0.5, 0.6) is 0 Å². The third kappa shape index (κ3) is 7.68. The Labute approximate surface area is 373 Å². The number of hydrogen-bond acceptors (Lipinski definition) is 13. The first-order chi connectivity index (χ1) is 31.5. The number of pyridine rings is 1. The molecule has 2 aliphatic carbocycles. The molecule has 0 radical (unpaired) electrons. The first kappa shape index (κ1) is 41.7. The second kappa shape index (κ2) is 16.5. The summed E-state index contributed by atoms with van der Waals surface area (Å²) >= 11 is 0. The summed E-state index contributed by atoms with van der Waals surface area (Å²) in [6.07, 6.45) is 9.26. The number of rotatable bonds is 11. The molecule has 5 aliphatic heterocycles. The van der Waals surface area contributed by atoms with Crippen LogP contribution in [0.2, 0.25) is 0 Å². The van der Waals surface area contributed by atoms with Gasteiger partial charge in [-0.25, -0.2) is 13.8 Å². The van der Waals surface area contributed by atoms with E-state index in [-0.39, 0.29) is 53.4 Å². The fraction of sp³-hybridized carbons (Fsp3) is 0.543. The number of ether oxygens (including phenoxy) is 1. The molecule has 8 heterocycles. The molecule has 3 aromatic heterocycles. The minimum absolute atomic E-state index is 0.0213. The number of morpholine rings is 1. The molecule has 1 aromatic carbocycles. The highest BCUT2D eigenvalue weighted by atomic mass is 19.3. The maximum absolute atomic E-state index is 14.4. The molecule has 17 nitrogen and oxygen atoms in total. The Morgan fingerprint density at radius 2 is 1.77 bits per heavy atom.